The highest BCUT2D eigenvalue weighted by atomic mass is 16.5. The predicted molar refractivity (Wildman–Crippen MR) is 64.5 cm³/mol. The number of carbonyl (C=O) groups is 1. The first-order chi connectivity index (χ1) is 7.63. The number of methoxy groups -OCH3 is 1. The van der Waals surface area contributed by atoms with E-state index >= 15 is 0 Å². The number of benzene rings is 1. The molecule has 16 heavy (non-hydrogen) atoms. The molecule has 0 bridgehead atoms. The molecule has 0 aromatic heterocycles. The highest BCUT2D eigenvalue weighted by molar-refractivity contribution is 5.71. The molecule has 0 saturated heterocycles. The van der Waals surface area contributed by atoms with E-state index in [1.165, 1.54) is 23.8 Å². The Bertz CT molecular complexity index is 361. The van der Waals surface area contributed by atoms with Crippen LogP contribution >= 0.6 is 0 Å². The largest absolute Gasteiger partial charge is 0.468 e. The van der Waals surface area contributed by atoms with Crippen molar-refractivity contribution >= 4 is 5.97 Å². The van der Waals surface area contributed by atoms with Crippen LogP contribution in [0.1, 0.15) is 16.7 Å². The molecule has 1 aromatic carbocycles. The van der Waals surface area contributed by atoms with Gasteiger partial charge in [-0.3, -0.25) is 4.79 Å². The lowest BCUT2D eigenvalue weighted by Crippen LogP contribution is -2.25. The van der Waals surface area contributed by atoms with E-state index in [9.17, 15) is 4.79 Å². The fourth-order valence-electron chi connectivity index (χ4n) is 1.61. The zero-order chi connectivity index (χ0) is 12.0. The molecule has 0 amide bonds. The third-order valence-corrected chi connectivity index (χ3v) is 2.57. The van der Waals surface area contributed by atoms with Crippen molar-refractivity contribution in [2.45, 2.75) is 20.3 Å². The molecular weight excluding hydrogens is 202 g/mol. The molecule has 0 spiro atoms. The number of aryl methyl sites for hydroxylation is 2. The molecule has 1 rings (SSSR count). The van der Waals surface area contributed by atoms with E-state index in [1.54, 1.807) is 0 Å². The summed E-state index contributed by atoms with van der Waals surface area (Å²) in [5.41, 5.74) is 3.91. The van der Waals surface area contributed by atoms with Crippen molar-refractivity contribution in [3.63, 3.8) is 0 Å². The normalized spacial score (nSPS) is 10.2. The lowest BCUT2D eigenvalue weighted by molar-refractivity contribution is -0.139. The SMILES string of the molecule is COC(=O)CNCCc1ccc(C)cc1C. The van der Waals surface area contributed by atoms with Crippen molar-refractivity contribution in [3.8, 4) is 0 Å². The molecule has 3 nitrogen and oxygen atoms in total. The standard InChI is InChI=1S/C13H19NO2/c1-10-4-5-12(11(2)8-10)6-7-14-9-13(15)16-3/h4-5,8,14H,6-7,9H2,1-3H3. The van der Waals surface area contributed by atoms with Crippen molar-refractivity contribution in [3.05, 3.63) is 34.9 Å². The van der Waals surface area contributed by atoms with E-state index in [1.807, 2.05) is 0 Å². The summed E-state index contributed by atoms with van der Waals surface area (Å²) in [4.78, 5) is 10.9. The number of hydrogen-bond acceptors (Lipinski definition) is 3. The molecule has 3 heteroatoms. The maximum atomic E-state index is 10.9. The highest BCUT2D eigenvalue weighted by Crippen LogP contribution is 2.10. The van der Waals surface area contributed by atoms with Gasteiger partial charge in [-0.2, -0.15) is 0 Å². The van der Waals surface area contributed by atoms with Gasteiger partial charge in [-0.05, 0) is 37.9 Å². The van der Waals surface area contributed by atoms with Crippen molar-refractivity contribution < 1.29 is 9.53 Å². The lowest BCUT2D eigenvalue weighted by Gasteiger charge is -2.07. The van der Waals surface area contributed by atoms with Crippen molar-refractivity contribution in [1.29, 1.82) is 0 Å². The molecule has 0 atom stereocenters. The van der Waals surface area contributed by atoms with E-state index in [2.05, 4.69) is 42.1 Å². The minimum absolute atomic E-state index is 0.222. The topological polar surface area (TPSA) is 38.3 Å². The van der Waals surface area contributed by atoms with Crippen LogP contribution in [-0.2, 0) is 16.0 Å². The van der Waals surface area contributed by atoms with Gasteiger partial charge in [0.25, 0.3) is 0 Å². The minimum atomic E-state index is -0.222. The van der Waals surface area contributed by atoms with Crippen molar-refractivity contribution in [2.24, 2.45) is 0 Å². The summed E-state index contributed by atoms with van der Waals surface area (Å²) in [7, 11) is 1.40. The van der Waals surface area contributed by atoms with E-state index in [0.717, 1.165) is 13.0 Å². The second-order valence-electron chi connectivity index (χ2n) is 3.93. The van der Waals surface area contributed by atoms with Crippen molar-refractivity contribution in [2.75, 3.05) is 20.2 Å². The van der Waals surface area contributed by atoms with Gasteiger partial charge >= 0.3 is 5.97 Å². The molecule has 0 radical (unpaired) electrons. The van der Waals surface area contributed by atoms with Gasteiger partial charge in [-0.15, -0.1) is 0 Å². The molecule has 88 valence electrons. The molecule has 0 heterocycles. The fourth-order valence-corrected chi connectivity index (χ4v) is 1.61. The lowest BCUT2D eigenvalue weighted by atomic mass is 10.0. The van der Waals surface area contributed by atoms with Gasteiger partial charge in [-0.1, -0.05) is 23.8 Å². The van der Waals surface area contributed by atoms with Gasteiger partial charge in [0.1, 0.15) is 0 Å². The Kier molecular flexibility index (Phi) is 4.99. The summed E-state index contributed by atoms with van der Waals surface area (Å²) in [6.45, 7) is 5.27. The van der Waals surface area contributed by atoms with Crippen molar-refractivity contribution in [1.82, 2.24) is 5.32 Å². The molecule has 0 unspecified atom stereocenters. The quantitative estimate of drug-likeness (QED) is 0.606. The van der Waals surface area contributed by atoms with Crippen LogP contribution in [0.15, 0.2) is 18.2 Å². The maximum absolute atomic E-state index is 10.9. The second kappa shape index (κ2) is 6.28. The third-order valence-electron chi connectivity index (χ3n) is 2.57. The summed E-state index contributed by atoms with van der Waals surface area (Å²) >= 11 is 0. The molecule has 0 aliphatic carbocycles. The molecule has 0 aliphatic heterocycles. The molecule has 1 N–H and O–H groups in total. The van der Waals surface area contributed by atoms with Crippen LogP contribution in [-0.4, -0.2) is 26.2 Å². The first-order valence-corrected chi connectivity index (χ1v) is 5.47. The molecule has 1 aromatic rings. The van der Waals surface area contributed by atoms with Gasteiger partial charge in [0.15, 0.2) is 0 Å². The number of hydrogen-bond donors (Lipinski definition) is 1. The van der Waals surface area contributed by atoms with Gasteiger partial charge < -0.3 is 10.1 Å². The Morgan fingerprint density at radius 2 is 2.12 bits per heavy atom. The summed E-state index contributed by atoms with van der Waals surface area (Å²) < 4.78 is 4.54. The average Bonchev–Trinajstić information content (AvgIpc) is 2.26. The Balaban J connectivity index is 2.35. The summed E-state index contributed by atoms with van der Waals surface area (Å²) in [5, 5.41) is 3.05. The zero-order valence-corrected chi connectivity index (χ0v) is 10.2. The average molecular weight is 221 g/mol. The summed E-state index contributed by atoms with van der Waals surface area (Å²) in [5.74, 6) is -0.222. The Hall–Kier alpha value is -1.35. The van der Waals surface area contributed by atoms with Crippen LogP contribution in [0.3, 0.4) is 0 Å². The highest BCUT2D eigenvalue weighted by Gasteiger charge is 2.00. The van der Waals surface area contributed by atoms with Crippen LogP contribution in [0.4, 0.5) is 0 Å². The smallest absolute Gasteiger partial charge is 0.319 e. The van der Waals surface area contributed by atoms with Gasteiger partial charge in [0.2, 0.25) is 0 Å². The summed E-state index contributed by atoms with van der Waals surface area (Å²) in [6, 6.07) is 6.43. The van der Waals surface area contributed by atoms with Crippen LogP contribution in [0.25, 0.3) is 0 Å². The molecule has 0 saturated carbocycles. The van der Waals surface area contributed by atoms with E-state index < -0.39 is 0 Å². The van der Waals surface area contributed by atoms with Gasteiger partial charge in [-0.25, -0.2) is 0 Å². The molecule has 0 fully saturated rings. The number of ether oxygens (including phenoxy) is 1. The summed E-state index contributed by atoms with van der Waals surface area (Å²) in [6.07, 6.45) is 0.934. The first-order valence-electron chi connectivity index (χ1n) is 5.47. The molecular formula is C13H19NO2. The van der Waals surface area contributed by atoms with Gasteiger partial charge in [0, 0.05) is 0 Å². The van der Waals surface area contributed by atoms with Crippen LogP contribution in [0, 0.1) is 13.8 Å². The van der Waals surface area contributed by atoms with E-state index in [4.69, 9.17) is 0 Å². The number of rotatable bonds is 5. The monoisotopic (exact) mass is 221 g/mol. The second-order valence-corrected chi connectivity index (χ2v) is 3.93. The zero-order valence-electron chi connectivity index (χ0n) is 10.2. The van der Waals surface area contributed by atoms with Crippen LogP contribution in [0.2, 0.25) is 0 Å². The van der Waals surface area contributed by atoms with Crippen LogP contribution < -0.4 is 5.32 Å². The first kappa shape index (κ1) is 12.7. The van der Waals surface area contributed by atoms with E-state index in [0.29, 0.717) is 0 Å². The third kappa shape index (κ3) is 4.03. The van der Waals surface area contributed by atoms with Crippen LogP contribution in [0.5, 0.6) is 0 Å². The Morgan fingerprint density at radius 3 is 2.75 bits per heavy atom. The van der Waals surface area contributed by atoms with Gasteiger partial charge in [0.05, 0.1) is 13.7 Å². The predicted octanol–water partition coefficient (Wildman–Crippen LogP) is 1.61. The Labute approximate surface area is 96.8 Å². The number of esters is 1. The minimum Gasteiger partial charge on any atom is -0.468 e. The fraction of sp³-hybridized carbons (Fsp3) is 0.462. The van der Waals surface area contributed by atoms with E-state index in [-0.39, 0.29) is 12.5 Å². The maximum Gasteiger partial charge on any atom is 0.319 e. The Morgan fingerprint density at radius 1 is 1.38 bits per heavy atom. The number of carbonyl (C=O) groups excluding carboxylic acids is 1. The number of nitrogens with one attached hydrogen (secondary N) is 1. The molecule has 0 aliphatic rings.